The maximum absolute atomic E-state index is 13.0. The Labute approximate surface area is 167 Å². The maximum Gasteiger partial charge on any atom is 0.241 e. The zero-order valence-corrected chi connectivity index (χ0v) is 16.5. The van der Waals surface area contributed by atoms with E-state index in [2.05, 4.69) is 21.9 Å². The molecule has 5 rings (SSSR count). The minimum atomic E-state index is -0.250. The number of amides is 1. The third-order valence-corrected chi connectivity index (χ3v) is 7.25. The van der Waals surface area contributed by atoms with Crippen molar-refractivity contribution >= 4 is 11.6 Å². The number of nitrogens with zero attached hydrogens (tertiary/aromatic N) is 3. The van der Waals surface area contributed by atoms with Gasteiger partial charge in [-0.25, -0.2) is 0 Å². The number of fused-ring (bicyclic) bond motifs is 2. The molecule has 1 aliphatic carbocycles. The summed E-state index contributed by atoms with van der Waals surface area (Å²) in [6.45, 7) is 6.63. The number of hydrogen-bond acceptors (Lipinski definition) is 5. The summed E-state index contributed by atoms with van der Waals surface area (Å²) in [7, 11) is 0. The van der Waals surface area contributed by atoms with Gasteiger partial charge in [0.2, 0.25) is 5.91 Å². The Balaban J connectivity index is 1.20. The number of carbonyl (C=O) groups is 1. The first-order valence-electron chi connectivity index (χ1n) is 10.8. The Kier molecular flexibility index (Phi) is 5.13. The molecular weight excluding hydrogens is 354 g/mol. The Hall–Kier alpha value is -1.47. The van der Waals surface area contributed by atoms with Crippen molar-refractivity contribution in [3.05, 3.63) is 29.8 Å². The molecule has 0 aromatic heterocycles. The zero-order chi connectivity index (χ0) is 19.1. The van der Waals surface area contributed by atoms with E-state index < -0.39 is 0 Å². The highest BCUT2D eigenvalue weighted by Gasteiger charge is 2.44. The van der Waals surface area contributed by atoms with E-state index in [0.717, 1.165) is 70.9 Å². The molecule has 4 aliphatic rings. The standard InChI is InChI=1S/C22H31N3O3/c26-21-12-18-14-23(13-17(18)11-20(21)24-7-9-28-10-8-24)15-22(27)25-6-5-16-3-1-2-4-19(16)25/h1-4,17-18,20-21,26H,5-15H2/t17-,18+,20-,21-/m1/s1. The van der Waals surface area contributed by atoms with Gasteiger partial charge in [0.05, 0.1) is 25.9 Å². The number of aliphatic hydroxyl groups excluding tert-OH is 1. The predicted molar refractivity (Wildman–Crippen MR) is 107 cm³/mol. The van der Waals surface area contributed by atoms with Crippen LogP contribution in [-0.4, -0.2) is 85.4 Å². The lowest BCUT2D eigenvalue weighted by Crippen LogP contribution is -2.53. The van der Waals surface area contributed by atoms with Crippen molar-refractivity contribution in [3.8, 4) is 0 Å². The molecule has 28 heavy (non-hydrogen) atoms. The first-order valence-corrected chi connectivity index (χ1v) is 10.8. The van der Waals surface area contributed by atoms with Crippen LogP contribution in [0.1, 0.15) is 18.4 Å². The average Bonchev–Trinajstić information content (AvgIpc) is 3.31. The molecule has 0 radical (unpaired) electrons. The molecule has 1 aromatic rings. The molecule has 3 heterocycles. The van der Waals surface area contributed by atoms with Crippen LogP contribution in [0.5, 0.6) is 0 Å². The number of benzene rings is 1. The Morgan fingerprint density at radius 3 is 2.64 bits per heavy atom. The topological polar surface area (TPSA) is 56.3 Å². The third-order valence-electron chi connectivity index (χ3n) is 7.25. The SMILES string of the molecule is O=C(CN1C[C@H]2C[C@@H](N3CCOCC3)[C@H](O)C[C@H]2C1)N1CCc2ccccc21. The molecule has 3 fully saturated rings. The number of para-hydroxylation sites is 1. The molecule has 6 heteroatoms. The molecule has 1 amide bonds. The fourth-order valence-electron chi connectivity index (χ4n) is 5.81. The van der Waals surface area contributed by atoms with Gasteiger partial charge in [-0.1, -0.05) is 18.2 Å². The van der Waals surface area contributed by atoms with Crippen molar-refractivity contribution in [1.29, 1.82) is 0 Å². The van der Waals surface area contributed by atoms with Crippen LogP contribution >= 0.6 is 0 Å². The summed E-state index contributed by atoms with van der Waals surface area (Å²) in [5, 5.41) is 10.7. The number of hydrogen-bond donors (Lipinski definition) is 1. The van der Waals surface area contributed by atoms with Crippen molar-refractivity contribution < 1.29 is 14.6 Å². The lowest BCUT2D eigenvalue weighted by atomic mass is 9.77. The quantitative estimate of drug-likeness (QED) is 0.841. The van der Waals surface area contributed by atoms with Gasteiger partial charge in [-0.05, 0) is 42.7 Å². The summed E-state index contributed by atoms with van der Waals surface area (Å²) in [5.74, 6) is 1.33. The van der Waals surface area contributed by atoms with Gasteiger partial charge in [0.15, 0.2) is 0 Å². The van der Waals surface area contributed by atoms with Crippen LogP contribution in [0.25, 0.3) is 0 Å². The Bertz CT molecular complexity index is 721. The molecule has 2 saturated heterocycles. The molecule has 3 aliphatic heterocycles. The van der Waals surface area contributed by atoms with E-state index in [-0.39, 0.29) is 18.1 Å². The number of morpholine rings is 1. The van der Waals surface area contributed by atoms with Gasteiger partial charge in [0, 0.05) is 44.5 Å². The second-order valence-electron chi connectivity index (χ2n) is 8.89. The van der Waals surface area contributed by atoms with Crippen molar-refractivity contribution in [2.24, 2.45) is 11.8 Å². The molecule has 4 atom stereocenters. The summed E-state index contributed by atoms with van der Waals surface area (Å²) >= 11 is 0. The van der Waals surface area contributed by atoms with Crippen molar-refractivity contribution in [2.75, 3.05) is 57.4 Å². The summed E-state index contributed by atoms with van der Waals surface area (Å²) in [5.41, 5.74) is 2.37. The van der Waals surface area contributed by atoms with Crippen LogP contribution in [0.15, 0.2) is 24.3 Å². The van der Waals surface area contributed by atoms with Gasteiger partial charge in [-0.15, -0.1) is 0 Å². The smallest absolute Gasteiger partial charge is 0.241 e. The second-order valence-corrected chi connectivity index (χ2v) is 8.89. The first-order chi connectivity index (χ1) is 13.7. The minimum absolute atomic E-state index is 0.217. The lowest BCUT2D eigenvalue weighted by Gasteiger charge is -2.43. The van der Waals surface area contributed by atoms with Crippen molar-refractivity contribution in [3.63, 3.8) is 0 Å². The molecule has 1 aromatic carbocycles. The fraction of sp³-hybridized carbons (Fsp3) is 0.682. The van der Waals surface area contributed by atoms with Gasteiger partial charge in [-0.2, -0.15) is 0 Å². The molecule has 1 saturated carbocycles. The molecule has 0 bridgehead atoms. The number of anilines is 1. The fourth-order valence-corrected chi connectivity index (χ4v) is 5.81. The van der Waals surface area contributed by atoms with Gasteiger partial charge in [0.25, 0.3) is 0 Å². The van der Waals surface area contributed by atoms with Crippen LogP contribution in [0.2, 0.25) is 0 Å². The minimum Gasteiger partial charge on any atom is -0.391 e. The molecule has 152 valence electrons. The first kappa shape index (κ1) is 18.6. The van der Waals surface area contributed by atoms with Crippen LogP contribution < -0.4 is 4.90 Å². The van der Waals surface area contributed by atoms with E-state index in [1.165, 1.54) is 5.56 Å². The van der Waals surface area contributed by atoms with Gasteiger partial charge in [0.1, 0.15) is 0 Å². The Morgan fingerprint density at radius 1 is 1.07 bits per heavy atom. The van der Waals surface area contributed by atoms with Crippen LogP contribution in [0, 0.1) is 11.8 Å². The lowest BCUT2D eigenvalue weighted by molar-refractivity contribution is -0.119. The highest BCUT2D eigenvalue weighted by Crippen LogP contribution is 2.38. The van der Waals surface area contributed by atoms with Crippen molar-refractivity contribution in [2.45, 2.75) is 31.4 Å². The van der Waals surface area contributed by atoms with Crippen LogP contribution in [-0.2, 0) is 16.0 Å². The zero-order valence-electron chi connectivity index (χ0n) is 16.5. The maximum atomic E-state index is 13.0. The van der Waals surface area contributed by atoms with Gasteiger partial charge in [-0.3, -0.25) is 14.6 Å². The summed E-state index contributed by atoms with van der Waals surface area (Å²) in [6, 6.07) is 8.51. The normalized spacial score (nSPS) is 33.7. The van der Waals surface area contributed by atoms with E-state index in [1.807, 2.05) is 17.0 Å². The van der Waals surface area contributed by atoms with E-state index >= 15 is 0 Å². The van der Waals surface area contributed by atoms with Crippen LogP contribution in [0.4, 0.5) is 5.69 Å². The number of aliphatic hydroxyl groups is 1. The summed E-state index contributed by atoms with van der Waals surface area (Å²) in [4.78, 5) is 19.7. The number of rotatable bonds is 3. The Morgan fingerprint density at radius 2 is 1.82 bits per heavy atom. The average molecular weight is 386 g/mol. The summed E-state index contributed by atoms with van der Waals surface area (Å²) < 4.78 is 5.47. The molecule has 0 unspecified atom stereocenters. The van der Waals surface area contributed by atoms with E-state index in [0.29, 0.717) is 18.4 Å². The highest BCUT2D eigenvalue weighted by molar-refractivity contribution is 5.96. The molecule has 1 N–H and O–H groups in total. The monoisotopic (exact) mass is 385 g/mol. The highest BCUT2D eigenvalue weighted by atomic mass is 16.5. The summed E-state index contributed by atoms with van der Waals surface area (Å²) in [6.07, 6.45) is 2.62. The van der Waals surface area contributed by atoms with E-state index in [1.54, 1.807) is 0 Å². The number of likely N-dealkylation sites (tertiary alicyclic amines) is 1. The third kappa shape index (κ3) is 3.47. The second kappa shape index (κ2) is 7.75. The predicted octanol–water partition coefficient (Wildman–Crippen LogP) is 0.979. The van der Waals surface area contributed by atoms with E-state index in [4.69, 9.17) is 4.74 Å². The largest absolute Gasteiger partial charge is 0.391 e. The van der Waals surface area contributed by atoms with Gasteiger partial charge < -0.3 is 14.7 Å². The number of carbonyl (C=O) groups excluding carboxylic acids is 1. The molecule has 0 spiro atoms. The van der Waals surface area contributed by atoms with Crippen molar-refractivity contribution in [1.82, 2.24) is 9.80 Å². The number of ether oxygens (including phenoxy) is 1. The molecule has 6 nitrogen and oxygen atoms in total. The van der Waals surface area contributed by atoms with Gasteiger partial charge >= 0.3 is 0 Å². The van der Waals surface area contributed by atoms with Crippen LogP contribution in [0.3, 0.4) is 0 Å². The molecular formula is C22H31N3O3. The van der Waals surface area contributed by atoms with E-state index in [9.17, 15) is 9.90 Å².